The molecule has 7 nitrogen and oxygen atoms in total. The molecule has 1 aromatic carbocycles. The molecule has 0 saturated heterocycles. The van der Waals surface area contributed by atoms with Gasteiger partial charge in [-0.15, -0.1) is 0 Å². The van der Waals surface area contributed by atoms with Crippen LogP contribution in [0.2, 0.25) is 0 Å². The highest BCUT2D eigenvalue weighted by atomic mass is 16.5. The van der Waals surface area contributed by atoms with Crippen LogP contribution in [0.4, 0.5) is 0 Å². The van der Waals surface area contributed by atoms with Gasteiger partial charge in [0.05, 0.1) is 34.5 Å². The van der Waals surface area contributed by atoms with E-state index in [1.165, 1.54) is 0 Å². The molecule has 3 heterocycles. The van der Waals surface area contributed by atoms with E-state index in [4.69, 9.17) is 19.4 Å². The lowest BCUT2D eigenvalue weighted by Crippen LogP contribution is -2.11. The number of benzene rings is 1. The Morgan fingerprint density at radius 1 is 1.20 bits per heavy atom. The number of carbonyl (C=O) groups is 1. The first-order valence-corrected chi connectivity index (χ1v) is 9.55. The molecule has 0 aliphatic carbocycles. The topological polar surface area (TPSA) is 93.9 Å². The predicted octanol–water partition coefficient (Wildman–Crippen LogP) is 4.98. The summed E-state index contributed by atoms with van der Waals surface area (Å²) in [4.78, 5) is 17.8. The van der Waals surface area contributed by atoms with E-state index in [2.05, 4.69) is 5.10 Å². The largest absolute Gasteiger partial charge is 0.466 e. The Hall–Kier alpha value is -3.92. The number of ether oxygens (including phenoxy) is 1. The number of hydrogen-bond donors (Lipinski definition) is 0. The Balaban J connectivity index is 1.83. The number of nitriles is 1. The molecule has 0 bridgehead atoms. The number of fused-ring (bicyclic) bond motifs is 1. The molecule has 0 radical (unpaired) electrons. The quantitative estimate of drug-likeness (QED) is 0.354. The molecule has 0 fully saturated rings. The summed E-state index contributed by atoms with van der Waals surface area (Å²) in [6, 6.07) is 12.1. The second-order valence-electron chi connectivity index (χ2n) is 7.33. The number of aryl methyl sites for hydroxylation is 2. The summed E-state index contributed by atoms with van der Waals surface area (Å²) >= 11 is 0. The minimum absolute atomic E-state index is 0.0693. The number of aromatic nitrogens is 3. The summed E-state index contributed by atoms with van der Waals surface area (Å²) in [5.41, 5.74) is 2.90. The second kappa shape index (κ2) is 7.48. The van der Waals surface area contributed by atoms with Gasteiger partial charge in [-0.2, -0.15) is 10.4 Å². The molecule has 0 aliphatic rings. The van der Waals surface area contributed by atoms with Crippen molar-refractivity contribution in [2.75, 3.05) is 0 Å². The van der Waals surface area contributed by atoms with Gasteiger partial charge in [-0.3, -0.25) is 0 Å². The van der Waals surface area contributed by atoms with Crippen molar-refractivity contribution in [1.29, 1.82) is 5.26 Å². The number of carbonyl (C=O) groups excluding carboxylic acids is 1. The van der Waals surface area contributed by atoms with Gasteiger partial charge >= 0.3 is 5.97 Å². The molecule has 30 heavy (non-hydrogen) atoms. The first-order valence-electron chi connectivity index (χ1n) is 9.55. The third kappa shape index (κ3) is 3.44. The molecule has 7 heteroatoms. The van der Waals surface area contributed by atoms with E-state index in [0.29, 0.717) is 33.6 Å². The number of rotatable bonds is 4. The average Bonchev–Trinajstić information content (AvgIpc) is 3.30. The van der Waals surface area contributed by atoms with Gasteiger partial charge in [0.15, 0.2) is 5.65 Å². The summed E-state index contributed by atoms with van der Waals surface area (Å²) in [7, 11) is 0. The zero-order valence-electron chi connectivity index (χ0n) is 17.1. The summed E-state index contributed by atoms with van der Waals surface area (Å²) in [5, 5.41) is 14.0. The van der Waals surface area contributed by atoms with Crippen LogP contribution in [-0.2, 0) is 0 Å². The lowest BCUT2D eigenvalue weighted by Gasteiger charge is -2.10. The van der Waals surface area contributed by atoms with Crippen LogP contribution < -0.4 is 4.74 Å². The van der Waals surface area contributed by atoms with Gasteiger partial charge in [0.2, 0.25) is 0 Å². The number of pyridine rings is 1. The summed E-state index contributed by atoms with van der Waals surface area (Å²) in [6.45, 7) is 7.74. The molecule has 0 aliphatic heterocycles. The summed E-state index contributed by atoms with van der Waals surface area (Å²) in [6.07, 6.45) is 1.63. The normalized spacial score (nSPS) is 11.1. The third-order valence-electron chi connectivity index (χ3n) is 4.79. The van der Waals surface area contributed by atoms with Gasteiger partial charge in [0.25, 0.3) is 0 Å². The van der Waals surface area contributed by atoms with E-state index in [-0.39, 0.29) is 6.04 Å². The molecule has 4 aromatic rings. The van der Waals surface area contributed by atoms with Gasteiger partial charge < -0.3 is 9.15 Å². The summed E-state index contributed by atoms with van der Waals surface area (Å²) < 4.78 is 13.0. The maximum absolute atomic E-state index is 13.1. The molecule has 0 unspecified atom stereocenters. The van der Waals surface area contributed by atoms with Crippen LogP contribution in [0.3, 0.4) is 0 Å². The summed E-state index contributed by atoms with van der Waals surface area (Å²) in [5.74, 6) is 1.33. The van der Waals surface area contributed by atoms with E-state index < -0.39 is 5.97 Å². The molecular weight excluding hydrogens is 380 g/mol. The van der Waals surface area contributed by atoms with Crippen molar-refractivity contribution in [1.82, 2.24) is 14.8 Å². The molecule has 0 amide bonds. The second-order valence-corrected chi connectivity index (χ2v) is 7.33. The molecule has 0 spiro atoms. The SMILES string of the molecule is Cc1cc(-c2cc(C(=O)Oc3ccc(C#N)cc3)c3cnn(C(C)C)c3n2)c(C)o1. The fraction of sp³-hybridized carbons (Fsp3) is 0.217. The molecule has 150 valence electrons. The minimum Gasteiger partial charge on any atom is -0.466 e. The lowest BCUT2D eigenvalue weighted by atomic mass is 10.1. The van der Waals surface area contributed by atoms with Gasteiger partial charge in [0, 0.05) is 11.6 Å². The first-order chi connectivity index (χ1) is 14.4. The first kappa shape index (κ1) is 19.4. The van der Waals surface area contributed by atoms with Crippen LogP contribution in [0, 0.1) is 25.2 Å². The fourth-order valence-electron chi connectivity index (χ4n) is 3.35. The van der Waals surface area contributed by atoms with Gasteiger partial charge in [-0.05, 0) is 64.1 Å². The monoisotopic (exact) mass is 400 g/mol. The zero-order chi connectivity index (χ0) is 21.4. The van der Waals surface area contributed by atoms with Crippen molar-refractivity contribution in [3.05, 3.63) is 65.2 Å². The number of nitrogens with zero attached hydrogens (tertiary/aromatic N) is 4. The molecule has 4 rings (SSSR count). The maximum atomic E-state index is 13.1. The van der Waals surface area contributed by atoms with E-state index in [1.807, 2.05) is 39.8 Å². The van der Waals surface area contributed by atoms with Gasteiger partial charge in [0.1, 0.15) is 17.3 Å². The van der Waals surface area contributed by atoms with Crippen molar-refractivity contribution >= 4 is 17.0 Å². The van der Waals surface area contributed by atoms with Gasteiger partial charge in [-0.25, -0.2) is 14.5 Å². The van der Waals surface area contributed by atoms with E-state index in [1.54, 1.807) is 41.2 Å². The Morgan fingerprint density at radius 2 is 1.93 bits per heavy atom. The number of furan rings is 1. The molecule has 3 aromatic heterocycles. The zero-order valence-corrected chi connectivity index (χ0v) is 17.1. The van der Waals surface area contributed by atoms with Crippen LogP contribution in [0.1, 0.15) is 47.3 Å². The van der Waals surface area contributed by atoms with E-state index in [0.717, 1.165) is 17.1 Å². The van der Waals surface area contributed by atoms with Crippen molar-refractivity contribution in [2.24, 2.45) is 0 Å². The van der Waals surface area contributed by atoms with Crippen molar-refractivity contribution < 1.29 is 13.9 Å². The maximum Gasteiger partial charge on any atom is 0.344 e. The van der Waals surface area contributed by atoms with Crippen LogP contribution in [-0.4, -0.2) is 20.7 Å². The Bertz CT molecular complexity index is 1290. The predicted molar refractivity (Wildman–Crippen MR) is 111 cm³/mol. The number of esters is 1. The van der Waals surface area contributed by atoms with Crippen LogP contribution in [0.15, 0.2) is 47.0 Å². The Kier molecular flexibility index (Phi) is 4.84. The van der Waals surface area contributed by atoms with Crippen molar-refractivity contribution in [3.8, 4) is 23.1 Å². The number of hydrogen-bond acceptors (Lipinski definition) is 6. The van der Waals surface area contributed by atoms with Crippen LogP contribution in [0.5, 0.6) is 5.75 Å². The van der Waals surface area contributed by atoms with Gasteiger partial charge in [-0.1, -0.05) is 0 Å². The smallest absolute Gasteiger partial charge is 0.344 e. The molecule has 0 N–H and O–H groups in total. The van der Waals surface area contributed by atoms with E-state index >= 15 is 0 Å². The highest BCUT2D eigenvalue weighted by Gasteiger charge is 2.21. The molecular formula is C23H20N4O3. The molecule has 0 atom stereocenters. The van der Waals surface area contributed by atoms with Crippen LogP contribution in [0.25, 0.3) is 22.3 Å². The minimum atomic E-state index is -0.519. The third-order valence-corrected chi connectivity index (χ3v) is 4.79. The highest BCUT2D eigenvalue weighted by molar-refractivity contribution is 6.04. The van der Waals surface area contributed by atoms with E-state index in [9.17, 15) is 4.79 Å². The lowest BCUT2D eigenvalue weighted by molar-refractivity contribution is 0.0736. The highest BCUT2D eigenvalue weighted by Crippen LogP contribution is 2.30. The van der Waals surface area contributed by atoms with Crippen molar-refractivity contribution in [3.63, 3.8) is 0 Å². The fourth-order valence-corrected chi connectivity index (χ4v) is 3.35. The standard InChI is InChI=1S/C23H20N4O3/c1-13(2)27-22-20(12-25-27)19(10-21(26-22)18-9-14(3)29-15(18)4)23(28)30-17-7-5-16(11-24)6-8-17/h5-10,12-13H,1-4H3. The Morgan fingerprint density at radius 3 is 2.53 bits per heavy atom. The average molecular weight is 400 g/mol. The van der Waals surface area contributed by atoms with Crippen LogP contribution >= 0.6 is 0 Å². The Labute approximate surface area is 173 Å². The van der Waals surface area contributed by atoms with Crippen molar-refractivity contribution in [2.45, 2.75) is 33.7 Å². The molecule has 0 saturated carbocycles.